The molecular weight excluding hydrogens is 512 g/mol. The van der Waals surface area contributed by atoms with Gasteiger partial charge in [-0.25, -0.2) is 4.79 Å². The zero-order chi connectivity index (χ0) is 28.5. The van der Waals surface area contributed by atoms with Gasteiger partial charge in [0.05, 0.1) is 12.5 Å². The maximum Gasteiger partial charge on any atom is 0.326 e. The number of nitrogens with two attached hydrogens (primary N) is 4. The molecule has 0 aromatic rings. The highest BCUT2D eigenvalue weighted by Crippen LogP contribution is 2.07. The van der Waals surface area contributed by atoms with E-state index >= 15 is 0 Å². The van der Waals surface area contributed by atoms with Gasteiger partial charge in [-0.3, -0.25) is 29.0 Å². The number of carbonyl (C=O) groups is 6. The normalized spacial score (nSPS) is 13.8. The maximum atomic E-state index is 13.0. The van der Waals surface area contributed by atoms with Crippen molar-refractivity contribution in [3.05, 3.63) is 0 Å². The number of hydrogen-bond acceptors (Lipinski definition) is 9. The van der Waals surface area contributed by atoms with Crippen molar-refractivity contribution in [1.29, 1.82) is 0 Å². The minimum Gasteiger partial charge on any atom is -0.481 e. The van der Waals surface area contributed by atoms with Crippen molar-refractivity contribution in [3.63, 3.8) is 0 Å². The smallest absolute Gasteiger partial charge is 0.326 e. The predicted molar refractivity (Wildman–Crippen MR) is 135 cm³/mol. The minimum atomic E-state index is -1.45. The van der Waals surface area contributed by atoms with Crippen LogP contribution in [-0.2, 0) is 28.8 Å². The van der Waals surface area contributed by atoms with Crippen molar-refractivity contribution in [2.75, 3.05) is 18.6 Å². The Hall–Kier alpha value is -3.60. The topological polar surface area (TPSA) is 295 Å². The van der Waals surface area contributed by atoms with Gasteiger partial charge >= 0.3 is 11.9 Å². The highest BCUT2D eigenvalue weighted by Gasteiger charge is 2.30. The molecule has 0 fully saturated rings. The quantitative estimate of drug-likeness (QED) is 0.0429. The van der Waals surface area contributed by atoms with Crippen LogP contribution in [0.1, 0.15) is 38.5 Å². The summed E-state index contributed by atoms with van der Waals surface area (Å²) >= 11 is 1.38. The van der Waals surface area contributed by atoms with E-state index in [0.717, 1.165) is 0 Å². The van der Waals surface area contributed by atoms with Gasteiger partial charge in [-0.15, -0.1) is 0 Å². The highest BCUT2D eigenvalue weighted by atomic mass is 32.2. The summed E-state index contributed by atoms with van der Waals surface area (Å²) in [6.45, 7) is 0.114. The number of rotatable bonds is 19. The van der Waals surface area contributed by atoms with E-state index in [1.807, 2.05) is 0 Å². The van der Waals surface area contributed by atoms with Crippen molar-refractivity contribution >= 4 is 53.3 Å². The molecule has 16 nitrogen and oxygen atoms in total. The number of nitrogens with one attached hydrogen (secondary N) is 3. The number of carboxylic acid groups (broad SMARTS) is 2. The number of guanidine groups is 1. The molecule has 0 heterocycles. The van der Waals surface area contributed by atoms with Gasteiger partial charge in [0, 0.05) is 13.0 Å². The molecule has 0 aromatic carbocycles. The summed E-state index contributed by atoms with van der Waals surface area (Å²) in [6, 6.07) is -5.25. The number of hydrogen-bond donors (Lipinski definition) is 9. The lowest BCUT2D eigenvalue weighted by Crippen LogP contribution is -2.57. The van der Waals surface area contributed by atoms with E-state index in [4.69, 9.17) is 28.0 Å². The number of aliphatic imine (C=N–C) groups is 1. The summed E-state index contributed by atoms with van der Waals surface area (Å²) in [5, 5.41) is 25.3. The van der Waals surface area contributed by atoms with Gasteiger partial charge in [-0.1, -0.05) is 0 Å². The molecule has 4 unspecified atom stereocenters. The van der Waals surface area contributed by atoms with Crippen LogP contribution in [0.25, 0.3) is 0 Å². The SMILES string of the molecule is CSCCC(NC(=O)C(N)CC(=O)O)C(=O)NC(CCCN=C(N)N)C(=O)NC(CCC(N)=O)C(=O)O. The Kier molecular flexibility index (Phi) is 16.0. The van der Waals surface area contributed by atoms with Crippen LogP contribution >= 0.6 is 11.8 Å². The summed E-state index contributed by atoms with van der Waals surface area (Å²) in [5.74, 6) is -5.69. The van der Waals surface area contributed by atoms with Crippen LogP contribution in [0.4, 0.5) is 0 Å². The van der Waals surface area contributed by atoms with E-state index in [2.05, 4.69) is 20.9 Å². The Morgan fingerprint density at radius 2 is 1.38 bits per heavy atom. The maximum absolute atomic E-state index is 13.0. The number of primary amides is 1. The van der Waals surface area contributed by atoms with E-state index in [-0.39, 0.29) is 44.6 Å². The molecule has 0 aliphatic carbocycles. The summed E-state index contributed by atoms with van der Waals surface area (Å²) in [5.41, 5.74) is 21.2. The van der Waals surface area contributed by atoms with Crippen LogP contribution in [0.3, 0.4) is 0 Å². The first-order chi connectivity index (χ1) is 17.3. The van der Waals surface area contributed by atoms with E-state index in [1.165, 1.54) is 11.8 Å². The fraction of sp³-hybridized carbons (Fsp3) is 0.650. The average Bonchev–Trinajstić information content (AvgIpc) is 2.79. The fourth-order valence-corrected chi connectivity index (χ4v) is 3.40. The average molecular weight is 549 g/mol. The molecule has 0 saturated carbocycles. The third kappa shape index (κ3) is 15.2. The van der Waals surface area contributed by atoms with Crippen molar-refractivity contribution in [3.8, 4) is 0 Å². The van der Waals surface area contributed by atoms with Crippen LogP contribution < -0.4 is 38.9 Å². The van der Waals surface area contributed by atoms with Crippen LogP contribution in [0.15, 0.2) is 4.99 Å². The molecule has 0 aliphatic heterocycles. The van der Waals surface area contributed by atoms with Gasteiger partial charge in [0.25, 0.3) is 0 Å². The second kappa shape index (κ2) is 17.8. The van der Waals surface area contributed by atoms with Crippen LogP contribution in [0.2, 0.25) is 0 Å². The Morgan fingerprint density at radius 1 is 0.838 bits per heavy atom. The molecule has 0 rings (SSSR count). The highest BCUT2D eigenvalue weighted by molar-refractivity contribution is 7.98. The number of nitrogens with zero attached hydrogens (tertiary/aromatic N) is 1. The second-order valence-electron chi connectivity index (χ2n) is 7.96. The summed E-state index contributed by atoms with van der Waals surface area (Å²) < 4.78 is 0. The Bertz CT molecular complexity index is 852. The van der Waals surface area contributed by atoms with Gasteiger partial charge in [0.2, 0.25) is 23.6 Å². The molecule has 0 spiro atoms. The van der Waals surface area contributed by atoms with Gasteiger partial charge in [-0.2, -0.15) is 11.8 Å². The predicted octanol–water partition coefficient (Wildman–Crippen LogP) is -3.60. The molecule has 210 valence electrons. The van der Waals surface area contributed by atoms with Gasteiger partial charge in [0.15, 0.2) is 5.96 Å². The van der Waals surface area contributed by atoms with Crippen molar-refractivity contribution < 1.29 is 39.0 Å². The summed E-state index contributed by atoms with van der Waals surface area (Å²) in [6.07, 6.45) is 0.915. The third-order valence-corrected chi connectivity index (χ3v) is 5.49. The molecule has 0 bridgehead atoms. The first-order valence-corrected chi connectivity index (χ1v) is 12.6. The monoisotopic (exact) mass is 548 g/mol. The van der Waals surface area contributed by atoms with E-state index in [1.54, 1.807) is 6.26 Å². The molecule has 0 aliphatic rings. The van der Waals surface area contributed by atoms with E-state index in [0.29, 0.717) is 5.75 Å². The van der Waals surface area contributed by atoms with Crippen molar-refractivity contribution in [1.82, 2.24) is 16.0 Å². The van der Waals surface area contributed by atoms with Crippen LogP contribution in [0, 0.1) is 0 Å². The molecule has 0 saturated heterocycles. The van der Waals surface area contributed by atoms with Crippen LogP contribution in [0.5, 0.6) is 0 Å². The molecule has 0 radical (unpaired) electrons. The van der Waals surface area contributed by atoms with Gasteiger partial charge < -0.3 is 49.1 Å². The lowest BCUT2D eigenvalue weighted by atomic mass is 10.1. The zero-order valence-electron chi connectivity index (χ0n) is 20.5. The molecular formula is C20H36N8O8S. The first kappa shape index (κ1) is 33.4. The number of carboxylic acids is 2. The summed E-state index contributed by atoms with van der Waals surface area (Å²) in [7, 11) is 0. The summed E-state index contributed by atoms with van der Waals surface area (Å²) in [4.78, 5) is 75.3. The Morgan fingerprint density at radius 3 is 1.86 bits per heavy atom. The molecule has 17 heteroatoms. The number of carbonyl (C=O) groups excluding carboxylic acids is 4. The van der Waals surface area contributed by atoms with Gasteiger partial charge in [-0.05, 0) is 37.7 Å². The molecule has 37 heavy (non-hydrogen) atoms. The molecule has 4 atom stereocenters. The molecule has 0 aromatic heterocycles. The van der Waals surface area contributed by atoms with Gasteiger partial charge in [0.1, 0.15) is 18.1 Å². The minimum absolute atomic E-state index is 0.00175. The Balaban J connectivity index is 5.63. The Labute approximate surface area is 217 Å². The standard InChI is InChI=1S/C20H36N8O8S/c1-37-8-6-12(26-16(32)10(21)9-15(30)31)18(34)27-11(3-2-7-25-20(23)24)17(33)28-13(19(35)36)4-5-14(22)29/h10-13H,2-9,21H2,1H3,(H2,22,29)(H,26,32)(H,27,34)(H,28,33)(H,30,31)(H,35,36)(H4,23,24,25). The van der Waals surface area contributed by atoms with E-state index < -0.39 is 66.2 Å². The lowest BCUT2D eigenvalue weighted by molar-refractivity contribution is -0.142. The van der Waals surface area contributed by atoms with Crippen molar-refractivity contribution in [2.45, 2.75) is 62.7 Å². The third-order valence-electron chi connectivity index (χ3n) is 4.85. The van der Waals surface area contributed by atoms with Crippen LogP contribution in [-0.4, -0.2) is 94.5 Å². The second-order valence-corrected chi connectivity index (χ2v) is 8.95. The number of aliphatic carboxylic acids is 2. The largest absolute Gasteiger partial charge is 0.481 e. The first-order valence-electron chi connectivity index (χ1n) is 11.2. The molecule has 4 amide bonds. The van der Waals surface area contributed by atoms with E-state index in [9.17, 15) is 33.9 Å². The number of thioether (sulfide) groups is 1. The zero-order valence-corrected chi connectivity index (χ0v) is 21.3. The number of amides is 4. The fourth-order valence-electron chi connectivity index (χ4n) is 2.93. The molecule has 13 N–H and O–H groups in total. The lowest BCUT2D eigenvalue weighted by Gasteiger charge is -2.25. The van der Waals surface area contributed by atoms with Crippen molar-refractivity contribution in [2.24, 2.45) is 27.9 Å².